The highest BCUT2D eigenvalue weighted by atomic mass is 19.4. The van der Waals surface area contributed by atoms with Crippen LogP contribution in [0.25, 0.3) is 0 Å². The Morgan fingerprint density at radius 1 is 1.16 bits per heavy atom. The third-order valence-corrected chi connectivity index (χ3v) is 4.73. The van der Waals surface area contributed by atoms with Crippen LogP contribution in [0, 0.1) is 5.82 Å². The van der Waals surface area contributed by atoms with Crippen molar-refractivity contribution in [3.63, 3.8) is 0 Å². The molecular weight excluding hydrogens is 426 g/mol. The molecule has 9 heteroatoms. The van der Waals surface area contributed by atoms with E-state index in [9.17, 15) is 22.4 Å². The molecule has 0 spiro atoms. The minimum atomic E-state index is -4.47. The van der Waals surface area contributed by atoms with Crippen molar-refractivity contribution in [2.45, 2.75) is 51.6 Å². The average molecular weight is 451 g/mol. The summed E-state index contributed by atoms with van der Waals surface area (Å²) >= 11 is 0. The Labute approximate surface area is 184 Å². The second kappa shape index (κ2) is 9.18. The van der Waals surface area contributed by atoms with Crippen molar-refractivity contribution in [1.29, 1.82) is 0 Å². The molecule has 3 rings (SSSR count). The number of carbonyl (C=O) groups excluding carboxylic acids is 1. The van der Waals surface area contributed by atoms with Crippen LogP contribution in [0.1, 0.15) is 43.9 Å². The number of amides is 2. The standard InChI is InChI=1S/C23H25F4N3O2/c1-22(2,3)28-21(31)30(13-15-5-4-6-17(11-15)23(25,26)27)14-19-12-20(29-32-19)16-7-9-18(24)10-8-16/h4-11,19H,12-14H2,1-3H3,(H,28,31). The van der Waals surface area contributed by atoms with Crippen molar-refractivity contribution in [3.05, 3.63) is 71.0 Å². The Morgan fingerprint density at radius 3 is 2.47 bits per heavy atom. The number of nitrogens with one attached hydrogen (secondary N) is 1. The Balaban J connectivity index is 1.74. The van der Waals surface area contributed by atoms with E-state index in [1.54, 1.807) is 18.2 Å². The first kappa shape index (κ1) is 23.6. The molecule has 0 saturated carbocycles. The molecule has 1 atom stereocenters. The number of hydrogen-bond donors (Lipinski definition) is 1. The quantitative estimate of drug-likeness (QED) is 0.624. The topological polar surface area (TPSA) is 53.9 Å². The zero-order chi connectivity index (χ0) is 23.5. The maximum atomic E-state index is 13.2. The van der Waals surface area contributed by atoms with E-state index in [-0.39, 0.29) is 18.9 Å². The van der Waals surface area contributed by atoms with Gasteiger partial charge in [-0.15, -0.1) is 0 Å². The van der Waals surface area contributed by atoms with E-state index in [1.807, 2.05) is 20.8 Å². The summed E-state index contributed by atoms with van der Waals surface area (Å²) in [4.78, 5) is 19.8. The summed E-state index contributed by atoms with van der Waals surface area (Å²) in [6.07, 6.45) is -4.57. The second-order valence-corrected chi connectivity index (χ2v) is 8.74. The number of hydrogen-bond acceptors (Lipinski definition) is 3. The Bertz CT molecular complexity index is 982. The predicted octanol–water partition coefficient (Wildman–Crippen LogP) is 5.35. The second-order valence-electron chi connectivity index (χ2n) is 8.74. The minimum Gasteiger partial charge on any atom is -0.390 e. The lowest BCUT2D eigenvalue weighted by Crippen LogP contribution is -2.50. The van der Waals surface area contributed by atoms with Gasteiger partial charge >= 0.3 is 12.2 Å². The van der Waals surface area contributed by atoms with Gasteiger partial charge < -0.3 is 15.1 Å². The Hall–Kier alpha value is -3.10. The van der Waals surface area contributed by atoms with E-state index in [0.29, 0.717) is 23.3 Å². The molecule has 2 aromatic rings. The predicted molar refractivity (Wildman–Crippen MR) is 113 cm³/mol. The van der Waals surface area contributed by atoms with Crippen molar-refractivity contribution in [2.24, 2.45) is 5.16 Å². The fourth-order valence-electron chi connectivity index (χ4n) is 3.27. The molecule has 1 N–H and O–H groups in total. The monoisotopic (exact) mass is 451 g/mol. The van der Waals surface area contributed by atoms with Crippen molar-refractivity contribution in [2.75, 3.05) is 6.54 Å². The van der Waals surface area contributed by atoms with Gasteiger partial charge in [-0.05, 0) is 56.2 Å². The highest BCUT2D eigenvalue weighted by Gasteiger charge is 2.32. The first-order chi connectivity index (χ1) is 14.9. The van der Waals surface area contributed by atoms with Gasteiger partial charge in [0.15, 0.2) is 6.10 Å². The van der Waals surface area contributed by atoms with Gasteiger partial charge in [0.05, 0.1) is 17.8 Å². The van der Waals surface area contributed by atoms with Crippen LogP contribution in [-0.4, -0.2) is 34.8 Å². The summed E-state index contributed by atoms with van der Waals surface area (Å²) in [5.41, 5.74) is 0.365. The lowest BCUT2D eigenvalue weighted by atomic mass is 10.0. The highest BCUT2D eigenvalue weighted by molar-refractivity contribution is 6.01. The van der Waals surface area contributed by atoms with Gasteiger partial charge in [-0.25, -0.2) is 9.18 Å². The van der Waals surface area contributed by atoms with Crippen LogP contribution in [0.2, 0.25) is 0 Å². The summed E-state index contributed by atoms with van der Waals surface area (Å²) in [6.45, 7) is 5.53. The van der Waals surface area contributed by atoms with Crippen LogP contribution in [-0.2, 0) is 17.6 Å². The van der Waals surface area contributed by atoms with Crippen molar-refractivity contribution in [1.82, 2.24) is 10.2 Å². The number of halogens is 4. The van der Waals surface area contributed by atoms with E-state index in [2.05, 4.69) is 10.5 Å². The molecule has 32 heavy (non-hydrogen) atoms. The average Bonchev–Trinajstić information content (AvgIpc) is 3.15. The molecule has 2 amide bonds. The van der Waals surface area contributed by atoms with Gasteiger partial charge in [0, 0.05) is 18.5 Å². The number of benzene rings is 2. The molecule has 5 nitrogen and oxygen atoms in total. The summed E-state index contributed by atoms with van der Waals surface area (Å²) in [5, 5.41) is 6.88. The zero-order valence-electron chi connectivity index (χ0n) is 18.0. The maximum absolute atomic E-state index is 13.2. The molecule has 0 fully saturated rings. The van der Waals surface area contributed by atoms with Gasteiger partial charge in [-0.3, -0.25) is 0 Å². The fourth-order valence-corrected chi connectivity index (χ4v) is 3.27. The number of rotatable bonds is 5. The molecule has 0 aromatic heterocycles. The zero-order valence-corrected chi connectivity index (χ0v) is 18.0. The molecular formula is C23H25F4N3O2. The molecule has 172 valence electrons. The molecule has 1 unspecified atom stereocenters. The van der Waals surface area contributed by atoms with Crippen LogP contribution in [0.15, 0.2) is 53.7 Å². The molecule has 2 aromatic carbocycles. The molecule has 0 saturated heterocycles. The number of urea groups is 1. The largest absolute Gasteiger partial charge is 0.416 e. The van der Waals surface area contributed by atoms with Crippen LogP contribution in [0.4, 0.5) is 22.4 Å². The van der Waals surface area contributed by atoms with Gasteiger partial charge in [0.2, 0.25) is 0 Å². The fraction of sp³-hybridized carbons (Fsp3) is 0.391. The Morgan fingerprint density at radius 2 is 1.84 bits per heavy atom. The van der Waals surface area contributed by atoms with E-state index in [4.69, 9.17) is 4.84 Å². The van der Waals surface area contributed by atoms with Gasteiger partial charge in [-0.2, -0.15) is 13.2 Å². The normalized spacial score (nSPS) is 16.3. The van der Waals surface area contributed by atoms with Crippen molar-refractivity contribution in [3.8, 4) is 0 Å². The van der Waals surface area contributed by atoms with Crippen molar-refractivity contribution >= 4 is 11.7 Å². The van der Waals surface area contributed by atoms with Gasteiger partial charge in [0.25, 0.3) is 0 Å². The van der Waals surface area contributed by atoms with Crippen molar-refractivity contribution < 1.29 is 27.2 Å². The lowest BCUT2D eigenvalue weighted by Gasteiger charge is -2.30. The number of carbonyl (C=O) groups is 1. The molecule has 1 aliphatic rings. The first-order valence-electron chi connectivity index (χ1n) is 10.1. The first-order valence-corrected chi connectivity index (χ1v) is 10.1. The maximum Gasteiger partial charge on any atom is 0.416 e. The lowest BCUT2D eigenvalue weighted by molar-refractivity contribution is -0.137. The van der Waals surface area contributed by atoms with Crippen LogP contribution < -0.4 is 5.32 Å². The summed E-state index contributed by atoms with van der Waals surface area (Å²) < 4.78 is 52.4. The van der Waals surface area contributed by atoms with Gasteiger partial charge in [-0.1, -0.05) is 29.4 Å². The number of alkyl halides is 3. The molecule has 1 aliphatic heterocycles. The molecule has 0 radical (unpaired) electrons. The molecule has 1 heterocycles. The Kier molecular flexibility index (Phi) is 6.76. The van der Waals surface area contributed by atoms with Gasteiger partial charge in [0.1, 0.15) is 5.82 Å². The number of oxime groups is 1. The minimum absolute atomic E-state index is 0.0302. The van der Waals surface area contributed by atoms with E-state index >= 15 is 0 Å². The molecule has 0 bridgehead atoms. The van der Waals surface area contributed by atoms with Crippen LogP contribution >= 0.6 is 0 Å². The van der Waals surface area contributed by atoms with E-state index < -0.39 is 29.4 Å². The smallest absolute Gasteiger partial charge is 0.390 e. The summed E-state index contributed by atoms with van der Waals surface area (Å²) in [6, 6.07) is 10.3. The van der Waals surface area contributed by atoms with E-state index in [1.165, 1.54) is 23.1 Å². The van der Waals surface area contributed by atoms with Crippen LogP contribution in [0.5, 0.6) is 0 Å². The summed E-state index contributed by atoms with van der Waals surface area (Å²) in [5.74, 6) is -0.365. The molecule has 0 aliphatic carbocycles. The van der Waals surface area contributed by atoms with E-state index in [0.717, 1.165) is 12.1 Å². The van der Waals surface area contributed by atoms with Crippen LogP contribution in [0.3, 0.4) is 0 Å². The summed E-state index contributed by atoms with van der Waals surface area (Å²) in [7, 11) is 0. The SMILES string of the molecule is CC(C)(C)NC(=O)N(Cc1cccc(C(F)(F)F)c1)CC1CC(c2ccc(F)cc2)=NO1. The highest BCUT2D eigenvalue weighted by Crippen LogP contribution is 2.30. The number of nitrogens with zero attached hydrogens (tertiary/aromatic N) is 2. The third-order valence-electron chi connectivity index (χ3n) is 4.73. The third kappa shape index (κ3) is 6.45.